The third-order valence-corrected chi connectivity index (χ3v) is 4.34. The van der Waals surface area contributed by atoms with E-state index >= 15 is 0 Å². The van der Waals surface area contributed by atoms with Crippen LogP contribution in [-0.2, 0) is 0 Å². The number of likely N-dealkylation sites (N-methyl/N-ethyl adjacent to an activating group) is 1. The Hall–Kier alpha value is -3.20. The zero-order chi connectivity index (χ0) is 21.6. The van der Waals surface area contributed by atoms with Gasteiger partial charge in [-0.2, -0.15) is 0 Å². The van der Waals surface area contributed by atoms with Crippen molar-refractivity contribution in [3.05, 3.63) is 63.5 Å². The quantitative estimate of drug-likeness (QED) is 0.509. The molecule has 29 heavy (non-hydrogen) atoms. The van der Waals surface area contributed by atoms with E-state index in [1.165, 1.54) is 31.4 Å². The molecule has 8 nitrogen and oxygen atoms in total. The maximum Gasteiger partial charge on any atom is 0.286 e. The number of nitrogens with zero attached hydrogens (tertiary/aromatic N) is 2. The Morgan fingerprint density at radius 3 is 2.55 bits per heavy atom. The van der Waals surface area contributed by atoms with E-state index in [1.54, 1.807) is 33.2 Å². The van der Waals surface area contributed by atoms with Crippen LogP contribution in [-0.4, -0.2) is 50.1 Å². The van der Waals surface area contributed by atoms with Gasteiger partial charge in [0.05, 0.1) is 30.7 Å². The first-order valence-electron chi connectivity index (χ1n) is 8.97. The van der Waals surface area contributed by atoms with Gasteiger partial charge in [0.2, 0.25) is 0 Å². The number of rotatable bonds is 9. The highest BCUT2D eigenvalue weighted by Crippen LogP contribution is 2.34. The number of nitro groups is 1. The molecule has 0 aliphatic carbocycles. The monoisotopic (exact) mass is 405 g/mol. The van der Waals surface area contributed by atoms with Gasteiger partial charge in [0.25, 0.3) is 11.6 Å². The summed E-state index contributed by atoms with van der Waals surface area (Å²) in [6.07, 6.45) is 0. The van der Waals surface area contributed by atoms with Crippen molar-refractivity contribution < 1.29 is 23.6 Å². The molecule has 1 unspecified atom stereocenters. The summed E-state index contributed by atoms with van der Waals surface area (Å²) in [4.78, 5) is 25.4. The zero-order valence-electron chi connectivity index (χ0n) is 16.8. The molecule has 0 bridgehead atoms. The largest absolute Gasteiger partial charge is 0.493 e. The van der Waals surface area contributed by atoms with Gasteiger partial charge in [-0.1, -0.05) is 12.1 Å². The number of carbonyl (C=O) groups excluding carboxylic acids is 1. The van der Waals surface area contributed by atoms with Crippen molar-refractivity contribution in [1.29, 1.82) is 0 Å². The lowest BCUT2D eigenvalue weighted by Crippen LogP contribution is -2.34. The summed E-state index contributed by atoms with van der Waals surface area (Å²) in [6.45, 7) is 2.15. The van der Waals surface area contributed by atoms with Crippen molar-refractivity contribution >= 4 is 11.6 Å². The smallest absolute Gasteiger partial charge is 0.286 e. The lowest BCUT2D eigenvalue weighted by Gasteiger charge is -2.25. The van der Waals surface area contributed by atoms with E-state index in [0.29, 0.717) is 5.56 Å². The summed E-state index contributed by atoms with van der Waals surface area (Å²) >= 11 is 0. The fourth-order valence-electron chi connectivity index (χ4n) is 2.91. The molecule has 156 valence electrons. The molecular formula is C20H24FN3O5. The Morgan fingerprint density at radius 1 is 1.28 bits per heavy atom. The highest BCUT2D eigenvalue weighted by molar-refractivity contribution is 5.99. The Balaban J connectivity index is 2.30. The molecule has 0 saturated heterocycles. The summed E-state index contributed by atoms with van der Waals surface area (Å²) in [5.41, 5.74) is 0.139. The second-order valence-electron chi connectivity index (χ2n) is 6.45. The molecule has 0 fully saturated rings. The lowest BCUT2D eigenvalue weighted by atomic mass is 10.1. The van der Waals surface area contributed by atoms with E-state index < -0.39 is 10.8 Å². The SMILES string of the molecule is CCOc1cc([N+](=O)[O-])c(C(=O)NCC(c2cccc(F)c2)N(C)C)cc1OC. The number of hydrogen-bond acceptors (Lipinski definition) is 6. The predicted molar refractivity (Wildman–Crippen MR) is 106 cm³/mol. The van der Waals surface area contributed by atoms with Gasteiger partial charge < -0.3 is 19.7 Å². The maximum absolute atomic E-state index is 13.6. The van der Waals surface area contributed by atoms with Crippen LogP contribution in [0.3, 0.4) is 0 Å². The van der Waals surface area contributed by atoms with E-state index in [2.05, 4.69) is 5.32 Å². The third kappa shape index (κ3) is 5.41. The molecule has 0 saturated carbocycles. The minimum Gasteiger partial charge on any atom is -0.493 e. The molecule has 0 aliphatic heterocycles. The summed E-state index contributed by atoms with van der Waals surface area (Å²) in [5, 5.41) is 14.2. The van der Waals surface area contributed by atoms with Gasteiger partial charge >= 0.3 is 0 Å². The molecule has 0 aliphatic rings. The van der Waals surface area contributed by atoms with Crippen molar-refractivity contribution in [3.8, 4) is 11.5 Å². The Bertz CT molecular complexity index is 888. The van der Waals surface area contributed by atoms with Crippen molar-refractivity contribution in [3.63, 3.8) is 0 Å². The molecule has 0 radical (unpaired) electrons. The summed E-state index contributed by atoms with van der Waals surface area (Å²) < 4.78 is 24.1. The number of methoxy groups -OCH3 is 1. The van der Waals surface area contributed by atoms with Gasteiger partial charge in [0.1, 0.15) is 11.4 Å². The first-order chi connectivity index (χ1) is 13.8. The highest BCUT2D eigenvalue weighted by Gasteiger charge is 2.25. The molecule has 0 aromatic heterocycles. The normalized spacial score (nSPS) is 11.8. The molecular weight excluding hydrogens is 381 g/mol. The van der Waals surface area contributed by atoms with E-state index in [-0.39, 0.29) is 47.8 Å². The molecule has 1 N–H and O–H groups in total. The summed E-state index contributed by atoms with van der Waals surface area (Å²) in [7, 11) is 4.98. The lowest BCUT2D eigenvalue weighted by molar-refractivity contribution is -0.385. The number of nitro benzene ring substituents is 1. The summed E-state index contributed by atoms with van der Waals surface area (Å²) in [5.74, 6) is -0.616. The standard InChI is InChI=1S/C20H24FN3O5/c1-5-29-19-11-16(24(26)27)15(10-18(19)28-4)20(25)22-12-17(23(2)3)13-7-6-8-14(21)9-13/h6-11,17H,5,12H2,1-4H3,(H,22,25). The first kappa shape index (κ1) is 22.1. The number of hydrogen-bond donors (Lipinski definition) is 1. The van der Waals surface area contributed by atoms with Gasteiger partial charge in [0.15, 0.2) is 11.5 Å². The van der Waals surface area contributed by atoms with Crippen LogP contribution in [0, 0.1) is 15.9 Å². The molecule has 2 rings (SSSR count). The number of amides is 1. The zero-order valence-corrected chi connectivity index (χ0v) is 16.8. The van der Waals surface area contributed by atoms with Crippen molar-refractivity contribution in [2.45, 2.75) is 13.0 Å². The molecule has 0 spiro atoms. The minimum atomic E-state index is -0.646. The Labute approximate surface area is 168 Å². The van der Waals surface area contributed by atoms with Gasteiger partial charge in [-0.05, 0) is 38.7 Å². The molecule has 1 atom stereocenters. The van der Waals surface area contributed by atoms with Crippen LogP contribution in [0.15, 0.2) is 36.4 Å². The topological polar surface area (TPSA) is 93.9 Å². The molecule has 2 aromatic carbocycles. The van der Waals surface area contributed by atoms with Crippen LogP contribution in [0.4, 0.5) is 10.1 Å². The molecule has 9 heteroatoms. The van der Waals surface area contributed by atoms with Gasteiger partial charge in [-0.3, -0.25) is 14.9 Å². The fourth-order valence-corrected chi connectivity index (χ4v) is 2.91. The molecule has 2 aromatic rings. The van der Waals surface area contributed by atoms with Crippen LogP contribution in [0.2, 0.25) is 0 Å². The van der Waals surface area contributed by atoms with Crippen LogP contribution in [0.1, 0.15) is 28.9 Å². The average Bonchev–Trinajstić information content (AvgIpc) is 2.67. The van der Waals surface area contributed by atoms with E-state index in [9.17, 15) is 19.3 Å². The van der Waals surface area contributed by atoms with Crippen LogP contribution in [0.25, 0.3) is 0 Å². The van der Waals surface area contributed by atoms with E-state index in [4.69, 9.17) is 9.47 Å². The Morgan fingerprint density at radius 2 is 2.00 bits per heavy atom. The average molecular weight is 405 g/mol. The van der Waals surface area contributed by atoms with Gasteiger partial charge in [-0.25, -0.2) is 4.39 Å². The van der Waals surface area contributed by atoms with E-state index in [1.807, 2.05) is 4.90 Å². The van der Waals surface area contributed by atoms with Gasteiger partial charge in [0, 0.05) is 12.6 Å². The fraction of sp³-hybridized carbons (Fsp3) is 0.350. The van der Waals surface area contributed by atoms with E-state index in [0.717, 1.165) is 0 Å². The van der Waals surface area contributed by atoms with Crippen molar-refractivity contribution in [1.82, 2.24) is 10.2 Å². The summed E-state index contributed by atoms with van der Waals surface area (Å²) in [6, 6.07) is 8.20. The molecule has 1 amide bonds. The van der Waals surface area contributed by atoms with Crippen LogP contribution < -0.4 is 14.8 Å². The number of ether oxygens (including phenoxy) is 2. The van der Waals surface area contributed by atoms with Crippen molar-refractivity contribution in [2.75, 3.05) is 34.4 Å². The van der Waals surface area contributed by atoms with Crippen LogP contribution >= 0.6 is 0 Å². The van der Waals surface area contributed by atoms with Crippen molar-refractivity contribution in [2.24, 2.45) is 0 Å². The molecule has 0 heterocycles. The predicted octanol–water partition coefficient (Wildman–Crippen LogP) is 3.17. The third-order valence-electron chi connectivity index (χ3n) is 4.34. The van der Waals surface area contributed by atoms with Gasteiger partial charge in [-0.15, -0.1) is 0 Å². The number of nitrogens with one attached hydrogen (secondary N) is 1. The number of halogens is 1. The maximum atomic E-state index is 13.6. The second-order valence-corrected chi connectivity index (χ2v) is 6.45. The highest BCUT2D eigenvalue weighted by atomic mass is 19.1. The number of carbonyl (C=O) groups is 1. The Kier molecular flexibility index (Phi) is 7.49. The first-order valence-corrected chi connectivity index (χ1v) is 8.97. The number of benzene rings is 2. The van der Waals surface area contributed by atoms with Crippen LogP contribution in [0.5, 0.6) is 11.5 Å². The minimum absolute atomic E-state index is 0.127. The second kappa shape index (κ2) is 9.83.